The predicted molar refractivity (Wildman–Crippen MR) is 175 cm³/mol. The summed E-state index contributed by atoms with van der Waals surface area (Å²) in [5.74, 6) is 0.141. The maximum Gasteiger partial charge on any atom is 0.332 e. The van der Waals surface area contributed by atoms with Crippen molar-refractivity contribution >= 4 is 27.4 Å². The lowest BCUT2D eigenvalue weighted by Crippen LogP contribution is -2.45. The molecular formula is C34H33N5O7S. The molecule has 0 bridgehead atoms. The van der Waals surface area contributed by atoms with Gasteiger partial charge < -0.3 is 10.1 Å². The fraction of sp³-hybridized carbons (Fsp3) is 0.265. The van der Waals surface area contributed by atoms with E-state index < -0.39 is 21.1 Å². The first-order valence-electron chi connectivity index (χ1n) is 15.2. The fourth-order valence-corrected chi connectivity index (χ4v) is 7.50. The number of ether oxygens (including phenoxy) is 1. The van der Waals surface area contributed by atoms with Gasteiger partial charge in [0.25, 0.3) is 11.5 Å². The van der Waals surface area contributed by atoms with Crippen LogP contribution in [0.25, 0.3) is 11.1 Å². The molecule has 13 heteroatoms. The van der Waals surface area contributed by atoms with Crippen molar-refractivity contribution < 1.29 is 22.7 Å². The summed E-state index contributed by atoms with van der Waals surface area (Å²) in [6.45, 7) is 0.637. The van der Waals surface area contributed by atoms with E-state index in [0.717, 1.165) is 21.4 Å². The second kappa shape index (κ2) is 13.2. The maximum absolute atomic E-state index is 13.6. The molecule has 1 N–H and O–H groups in total. The van der Waals surface area contributed by atoms with Gasteiger partial charge in [0.15, 0.2) is 14.9 Å². The number of hydrogen-bond donors (Lipinski definition) is 1. The van der Waals surface area contributed by atoms with Gasteiger partial charge in [-0.2, -0.15) is 5.10 Å². The van der Waals surface area contributed by atoms with Crippen LogP contribution in [0.15, 0.2) is 98.6 Å². The minimum absolute atomic E-state index is 0.0000589. The smallest absolute Gasteiger partial charge is 0.332 e. The number of sulfone groups is 1. The van der Waals surface area contributed by atoms with E-state index in [1.54, 1.807) is 61.7 Å². The summed E-state index contributed by atoms with van der Waals surface area (Å²) in [5, 5.41) is 8.49. The number of carbonyl (C=O) groups is 2. The third-order valence-corrected chi connectivity index (χ3v) is 10.0. The van der Waals surface area contributed by atoms with Gasteiger partial charge in [0.1, 0.15) is 5.75 Å². The number of methoxy groups -OCH3 is 1. The standard InChI is InChI=1S/C34H33N5O7S/c1-46-27-15-13-24(14-16-27)28-21-29(40)39(36-28)22-23-9-11-26(12-10-23)31(41)35-17-5-18-37-32(42)30(25-7-3-2-4-8-25)33-38(34(37)43)19-6-20-47(33,44)45/h2-4,7-16H,5-6,17-22H2,1H3,(H,35,41). The average Bonchev–Trinajstić information content (AvgIpc) is 3.44. The summed E-state index contributed by atoms with van der Waals surface area (Å²) in [6.07, 6.45) is 0.747. The van der Waals surface area contributed by atoms with Gasteiger partial charge in [0.05, 0.1) is 37.1 Å². The third kappa shape index (κ3) is 6.52. The average molecular weight is 656 g/mol. The lowest BCUT2D eigenvalue weighted by molar-refractivity contribution is -0.129. The van der Waals surface area contributed by atoms with Crippen LogP contribution in [0.3, 0.4) is 0 Å². The molecule has 1 aromatic heterocycles. The van der Waals surface area contributed by atoms with Gasteiger partial charge in [0, 0.05) is 25.2 Å². The first-order chi connectivity index (χ1) is 22.7. The number of aromatic nitrogens is 2. The van der Waals surface area contributed by atoms with Crippen molar-refractivity contribution in [2.75, 3.05) is 19.4 Å². The monoisotopic (exact) mass is 655 g/mol. The van der Waals surface area contributed by atoms with Gasteiger partial charge in [-0.15, -0.1) is 0 Å². The van der Waals surface area contributed by atoms with Crippen molar-refractivity contribution in [1.29, 1.82) is 0 Å². The van der Waals surface area contributed by atoms with Gasteiger partial charge in [-0.1, -0.05) is 42.5 Å². The maximum atomic E-state index is 13.6. The van der Waals surface area contributed by atoms with E-state index in [0.29, 0.717) is 16.8 Å². The van der Waals surface area contributed by atoms with E-state index in [-0.39, 0.29) is 73.6 Å². The lowest BCUT2D eigenvalue weighted by atomic mass is 10.1. The zero-order valence-corrected chi connectivity index (χ0v) is 26.5. The van der Waals surface area contributed by atoms with Crippen molar-refractivity contribution in [2.24, 2.45) is 5.10 Å². The molecule has 0 aliphatic carbocycles. The molecule has 0 atom stereocenters. The van der Waals surface area contributed by atoms with E-state index in [1.807, 2.05) is 24.3 Å². The second-order valence-electron chi connectivity index (χ2n) is 11.3. The van der Waals surface area contributed by atoms with E-state index >= 15 is 0 Å². The molecule has 4 aromatic rings. The number of nitrogens with one attached hydrogen (secondary N) is 1. The Morgan fingerprint density at radius 2 is 1.66 bits per heavy atom. The van der Waals surface area contributed by atoms with E-state index in [9.17, 15) is 27.6 Å². The molecule has 3 heterocycles. The number of hydrogen-bond acceptors (Lipinski definition) is 8. The Hall–Kier alpha value is -5.30. The second-order valence-corrected chi connectivity index (χ2v) is 13.3. The molecule has 242 valence electrons. The molecule has 0 radical (unpaired) electrons. The summed E-state index contributed by atoms with van der Waals surface area (Å²) < 4.78 is 33.4. The number of fused-ring (bicyclic) bond motifs is 1. The van der Waals surface area contributed by atoms with E-state index in [1.165, 1.54) is 9.58 Å². The summed E-state index contributed by atoms with van der Waals surface area (Å²) in [4.78, 5) is 52.3. The molecule has 12 nitrogen and oxygen atoms in total. The van der Waals surface area contributed by atoms with E-state index in [4.69, 9.17) is 4.74 Å². The molecule has 6 rings (SSSR count). The molecule has 2 aliphatic heterocycles. The van der Waals surface area contributed by atoms with Crippen LogP contribution in [0, 0.1) is 0 Å². The lowest BCUT2D eigenvalue weighted by Gasteiger charge is -2.23. The molecule has 2 aliphatic rings. The van der Waals surface area contributed by atoms with Crippen molar-refractivity contribution in [3.8, 4) is 16.9 Å². The van der Waals surface area contributed by atoms with Crippen LogP contribution in [-0.4, -0.2) is 59.5 Å². The van der Waals surface area contributed by atoms with Crippen LogP contribution < -0.4 is 21.3 Å². The zero-order chi connectivity index (χ0) is 33.1. The number of hydrazone groups is 1. The topological polar surface area (TPSA) is 149 Å². The molecule has 2 amide bonds. The first kappa shape index (κ1) is 31.7. The molecule has 47 heavy (non-hydrogen) atoms. The highest BCUT2D eigenvalue weighted by molar-refractivity contribution is 7.91. The highest BCUT2D eigenvalue weighted by Gasteiger charge is 2.32. The summed E-state index contributed by atoms with van der Waals surface area (Å²) in [6, 6.07) is 22.7. The van der Waals surface area contributed by atoms with Gasteiger partial charge in [-0.05, 0) is 65.9 Å². The zero-order valence-electron chi connectivity index (χ0n) is 25.7. The van der Waals surface area contributed by atoms with Gasteiger partial charge in [0.2, 0.25) is 5.91 Å². The summed E-state index contributed by atoms with van der Waals surface area (Å²) in [7, 11) is -2.23. The quantitative estimate of drug-likeness (QED) is 0.204. The third-order valence-electron chi connectivity index (χ3n) is 8.20. The number of rotatable bonds is 10. The predicted octanol–water partition coefficient (Wildman–Crippen LogP) is 2.82. The van der Waals surface area contributed by atoms with Crippen LogP contribution >= 0.6 is 0 Å². The first-order valence-corrected chi connectivity index (χ1v) is 16.9. The number of nitrogens with zero attached hydrogens (tertiary/aromatic N) is 4. The Morgan fingerprint density at radius 1 is 0.936 bits per heavy atom. The Balaban J connectivity index is 1.09. The van der Waals surface area contributed by atoms with Crippen molar-refractivity contribution in [2.45, 2.75) is 43.9 Å². The molecule has 3 aromatic carbocycles. The van der Waals surface area contributed by atoms with Crippen molar-refractivity contribution in [1.82, 2.24) is 19.5 Å². The Kier molecular flexibility index (Phi) is 8.90. The van der Waals surface area contributed by atoms with Crippen LogP contribution in [0.4, 0.5) is 0 Å². The summed E-state index contributed by atoms with van der Waals surface area (Å²) >= 11 is 0. The molecule has 0 fully saturated rings. The highest BCUT2D eigenvalue weighted by Crippen LogP contribution is 2.27. The van der Waals surface area contributed by atoms with Crippen molar-refractivity contribution in [3.05, 3.63) is 116 Å². The molecule has 0 saturated carbocycles. The molecular weight excluding hydrogens is 622 g/mol. The van der Waals surface area contributed by atoms with E-state index in [2.05, 4.69) is 10.4 Å². The number of carbonyl (C=O) groups excluding carboxylic acids is 2. The van der Waals surface area contributed by atoms with Crippen LogP contribution in [0.1, 0.15) is 40.7 Å². The Labute approximate surface area is 270 Å². The SMILES string of the molecule is COc1ccc(C2=NN(Cc3ccc(C(=O)NCCCn4c(=O)c(-c5ccccc5)c5n(c4=O)CCCS5(=O)=O)cc3)C(=O)C2)cc1. The van der Waals surface area contributed by atoms with Crippen molar-refractivity contribution in [3.63, 3.8) is 0 Å². The molecule has 0 spiro atoms. The van der Waals surface area contributed by atoms with Crippen LogP contribution in [-0.2, 0) is 34.3 Å². The van der Waals surface area contributed by atoms with Crippen LogP contribution in [0.5, 0.6) is 5.75 Å². The Bertz CT molecular complexity index is 2090. The normalized spacial score (nSPS) is 15.2. The van der Waals surface area contributed by atoms with Gasteiger partial charge in [-0.3, -0.25) is 23.5 Å². The molecule has 0 unspecified atom stereocenters. The fourth-order valence-electron chi connectivity index (χ4n) is 5.77. The largest absolute Gasteiger partial charge is 0.497 e. The van der Waals surface area contributed by atoms with Crippen LogP contribution in [0.2, 0.25) is 0 Å². The molecule has 0 saturated heterocycles. The Morgan fingerprint density at radius 3 is 2.36 bits per heavy atom. The minimum Gasteiger partial charge on any atom is -0.497 e. The minimum atomic E-state index is -3.82. The van der Waals surface area contributed by atoms with Gasteiger partial charge in [-0.25, -0.2) is 18.2 Å². The summed E-state index contributed by atoms with van der Waals surface area (Å²) in [5.41, 5.74) is 1.81. The highest BCUT2D eigenvalue weighted by atomic mass is 32.2. The van der Waals surface area contributed by atoms with Gasteiger partial charge >= 0.3 is 5.69 Å². The number of benzene rings is 3. The number of amides is 2.